The number of carboxylic acid groups (broad SMARTS) is 1. The lowest BCUT2D eigenvalue weighted by molar-refractivity contribution is -0.146. The molecule has 1 aliphatic carbocycles. The minimum absolute atomic E-state index is 0.109. The molecule has 2 aliphatic rings. The molecule has 0 aromatic rings. The fourth-order valence-electron chi connectivity index (χ4n) is 2.51. The van der Waals surface area contributed by atoms with E-state index in [1.165, 1.54) is 19.3 Å². The quantitative estimate of drug-likeness (QED) is 0.778. The van der Waals surface area contributed by atoms with Crippen LogP contribution < -0.4 is 5.32 Å². The molecule has 5 heteroatoms. The maximum atomic E-state index is 11.7. The van der Waals surface area contributed by atoms with Gasteiger partial charge in [0.05, 0.1) is 5.92 Å². The van der Waals surface area contributed by atoms with Crippen LogP contribution in [0.3, 0.4) is 0 Å². The Kier molecular flexibility index (Phi) is 3.26. The van der Waals surface area contributed by atoms with Gasteiger partial charge in [-0.25, -0.2) is 4.79 Å². The lowest BCUT2D eigenvalue weighted by atomic mass is 9.67. The largest absolute Gasteiger partial charge is 0.481 e. The second-order valence-electron chi connectivity index (χ2n) is 5.31. The molecule has 5 nitrogen and oxygen atoms in total. The molecule has 17 heavy (non-hydrogen) atoms. The molecule has 2 amide bonds. The van der Waals surface area contributed by atoms with Crippen molar-refractivity contribution in [3.63, 3.8) is 0 Å². The first-order chi connectivity index (χ1) is 8.06. The summed E-state index contributed by atoms with van der Waals surface area (Å²) in [5.41, 5.74) is 0.312. The molecule has 0 aromatic carbocycles. The normalized spacial score (nSPS) is 22.5. The van der Waals surface area contributed by atoms with Gasteiger partial charge < -0.3 is 15.3 Å². The van der Waals surface area contributed by atoms with Crippen LogP contribution in [-0.4, -0.2) is 41.6 Å². The van der Waals surface area contributed by atoms with Crippen molar-refractivity contribution in [3.8, 4) is 0 Å². The average Bonchev–Trinajstić information content (AvgIpc) is 2.13. The highest BCUT2D eigenvalue weighted by molar-refractivity contribution is 5.79. The van der Waals surface area contributed by atoms with Crippen molar-refractivity contribution in [1.29, 1.82) is 0 Å². The molecule has 0 unspecified atom stereocenters. The lowest BCUT2D eigenvalue weighted by Gasteiger charge is -2.43. The second kappa shape index (κ2) is 4.55. The Hall–Kier alpha value is -1.26. The van der Waals surface area contributed by atoms with Crippen LogP contribution in [0.2, 0.25) is 0 Å². The molecular weight excluding hydrogens is 220 g/mol. The van der Waals surface area contributed by atoms with Crippen molar-refractivity contribution >= 4 is 12.0 Å². The van der Waals surface area contributed by atoms with Crippen molar-refractivity contribution in [3.05, 3.63) is 0 Å². The zero-order valence-corrected chi connectivity index (χ0v) is 10.2. The van der Waals surface area contributed by atoms with Crippen LogP contribution in [0, 0.1) is 11.3 Å². The molecule has 0 aromatic heterocycles. The number of likely N-dealkylation sites (tertiary alicyclic amines) is 1. The number of rotatable bonds is 4. The first-order valence-corrected chi connectivity index (χ1v) is 6.32. The molecule has 0 spiro atoms. The molecule has 96 valence electrons. The van der Waals surface area contributed by atoms with Crippen LogP contribution in [0.1, 0.15) is 32.6 Å². The van der Waals surface area contributed by atoms with Gasteiger partial charge in [0.1, 0.15) is 0 Å². The zero-order chi connectivity index (χ0) is 12.5. The summed E-state index contributed by atoms with van der Waals surface area (Å²) < 4.78 is 0. The molecule has 2 N–H and O–H groups in total. The zero-order valence-electron chi connectivity index (χ0n) is 10.2. The van der Waals surface area contributed by atoms with Crippen molar-refractivity contribution in [2.24, 2.45) is 11.3 Å². The highest BCUT2D eigenvalue weighted by Crippen LogP contribution is 2.43. The smallest absolute Gasteiger partial charge is 0.317 e. The van der Waals surface area contributed by atoms with E-state index >= 15 is 0 Å². The third kappa shape index (κ3) is 2.37. The van der Waals surface area contributed by atoms with Gasteiger partial charge in [-0.3, -0.25) is 4.79 Å². The molecule has 0 atom stereocenters. The van der Waals surface area contributed by atoms with Crippen molar-refractivity contribution in [1.82, 2.24) is 10.2 Å². The maximum Gasteiger partial charge on any atom is 0.317 e. The van der Waals surface area contributed by atoms with Gasteiger partial charge in [0.25, 0.3) is 0 Å². The van der Waals surface area contributed by atoms with E-state index in [-0.39, 0.29) is 11.9 Å². The number of amides is 2. The molecular formula is C12H20N2O3. The van der Waals surface area contributed by atoms with Gasteiger partial charge in [0.15, 0.2) is 0 Å². The van der Waals surface area contributed by atoms with Gasteiger partial charge >= 0.3 is 12.0 Å². The first kappa shape index (κ1) is 12.2. The summed E-state index contributed by atoms with van der Waals surface area (Å²) in [5.74, 6) is -1.18. The number of carbonyl (C=O) groups excluding carboxylic acids is 1. The first-order valence-electron chi connectivity index (χ1n) is 6.32. The molecule has 0 bridgehead atoms. The predicted molar refractivity (Wildman–Crippen MR) is 62.7 cm³/mol. The van der Waals surface area contributed by atoms with Gasteiger partial charge in [0.2, 0.25) is 0 Å². The van der Waals surface area contributed by atoms with E-state index in [0.717, 1.165) is 13.0 Å². The van der Waals surface area contributed by atoms with Gasteiger partial charge in [-0.15, -0.1) is 0 Å². The van der Waals surface area contributed by atoms with Crippen LogP contribution in [0.15, 0.2) is 0 Å². The molecule has 1 aliphatic heterocycles. The minimum atomic E-state index is -0.807. The summed E-state index contributed by atoms with van der Waals surface area (Å²) in [4.78, 5) is 23.9. The number of carboxylic acids is 1. The number of hydrogen-bond acceptors (Lipinski definition) is 2. The summed E-state index contributed by atoms with van der Waals surface area (Å²) >= 11 is 0. The highest BCUT2D eigenvalue weighted by Gasteiger charge is 2.38. The summed E-state index contributed by atoms with van der Waals surface area (Å²) in [5, 5.41) is 11.7. The summed E-state index contributed by atoms with van der Waals surface area (Å²) in [7, 11) is 0. The minimum Gasteiger partial charge on any atom is -0.481 e. The Morgan fingerprint density at radius 3 is 2.47 bits per heavy atom. The van der Waals surface area contributed by atoms with Crippen molar-refractivity contribution in [2.75, 3.05) is 19.6 Å². The van der Waals surface area contributed by atoms with Crippen molar-refractivity contribution in [2.45, 2.75) is 32.6 Å². The van der Waals surface area contributed by atoms with Crippen LogP contribution in [0.5, 0.6) is 0 Å². The van der Waals surface area contributed by atoms with E-state index in [1.807, 2.05) is 0 Å². The number of hydrogen-bond donors (Lipinski definition) is 2. The fourth-order valence-corrected chi connectivity index (χ4v) is 2.51. The third-order valence-corrected chi connectivity index (χ3v) is 4.30. The number of nitrogens with zero attached hydrogens (tertiary/aromatic N) is 1. The molecule has 0 radical (unpaired) electrons. The number of urea groups is 1. The van der Waals surface area contributed by atoms with E-state index in [4.69, 9.17) is 5.11 Å². The summed E-state index contributed by atoms with van der Waals surface area (Å²) in [6.07, 6.45) is 4.75. The molecule has 2 rings (SSSR count). The number of aliphatic carboxylic acids is 1. The predicted octanol–water partition coefficient (Wildman–Crippen LogP) is 1.29. The second-order valence-corrected chi connectivity index (χ2v) is 5.31. The van der Waals surface area contributed by atoms with Crippen LogP contribution >= 0.6 is 0 Å². The molecule has 1 heterocycles. The SMILES string of the molecule is CCC1(CNC(=O)N2CC(C(=O)O)C2)CCC1. The van der Waals surface area contributed by atoms with E-state index in [1.54, 1.807) is 4.90 Å². The van der Waals surface area contributed by atoms with E-state index < -0.39 is 5.97 Å². The van der Waals surface area contributed by atoms with Crippen LogP contribution in [-0.2, 0) is 4.79 Å². The Morgan fingerprint density at radius 1 is 1.41 bits per heavy atom. The Labute approximate surface area is 101 Å². The standard InChI is InChI=1S/C12H20N2O3/c1-2-12(4-3-5-12)8-13-11(17)14-6-9(7-14)10(15)16/h9H,2-8H2,1H3,(H,13,17)(H,15,16). The monoisotopic (exact) mass is 240 g/mol. The van der Waals surface area contributed by atoms with Crippen LogP contribution in [0.25, 0.3) is 0 Å². The van der Waals surface area contributed by atoms with Gasteiger partial charge in [-0.1, -0.05) is 13.3 Å². The van der Waals surface area contributed by atoms with Crippen molar-refractivity contribution < 1.29 is 14.7 Å². The molecule has 1 saturated heterocycles. The topological polar surface area (TPSA) is 69.6 Å². The van der Waals surface area contributed by atoms with Crippen LogP contribution in [0.4, 0.5) is 4.79 Å². The molecule has 1 saturated carbocycles. The molecule has 2 fully saturated rings. The Morgan fingerprint density at radius 2 is 2.06 bits per heavy atom. The van der Waals surface area contributed by atoms with E-state index in [2.05, 4.69) is 12.2 Å². The summed E-state index contributed by atoms with van der Waals surface area (Å²) in [6.45, 7) is 3.59. The number of nitrogens with one attached hydrogen (secondary N) is 1. The van der Waals surface area contributed by atoms with E-state index in [0.29, 0.717) is 18.5 Å². The lowest BCUT2D eigenvalue weighted by Crippen LogP contribution is -2.57. The van der Waals surface area contributed by atoms with Gasteiger partial charge in [0, 0.05) is 19.6 Å². The Bertz CT molecular complexity index is 314. The Balaban J connectivity index is 1.70. The van der Waals surface area contributed by atoms with Gasteiger partial charge in [-0.2, -0.15) is 0 Å². The highest BCUT2D eigenvalue weighted by atomic mass is 16.4. The average molecular weight is 240 g/mol. The van der Waals surface area contributed by atoms with E-state index in [9.17, 15) is 9.59 Å². The summed E-state index contributed by atoms with van der Waals surface area (Å²) in [6, 6.07) is -0.109. The fraction of sp³-hybridized carbons (Fsp3) is 0.833. The number of carbonyl (C=O) groups is 2. The maximum absolute atomic E-state index is 11.7. The third-order valence-electron chi connectivity index (χ3n) is 4.30. The van der Waals surface area contributed by atoms with Gasteiger partial charge in [-0.05, 0) is 24.7 Å².